The maximum atomic E-state index is 13.0. The summed E-state index contributed by atoms with van der Waals surface area (Å²) in [5.41, 5.74) is 3.40. The number of benzene rings is 2. The van der Waals surface area contributed by atoms with E-state index in [0.717, 1.165) is 16.5 Å². The zero-order chi connectivity index (χ0) is 24.6. The summed E-state index contributed by atoms with van der Waals surface area (Å²) in [6, 6.07) is 16.7. The van der Waals surface area contributed by atoms with Gasteiger partial charge in [0.15, 0.2) is 6.10 Å². The van der Waals surface area contributed by atoms with Crippen LogP contribution in [0.1, 0.15) is 34.2 Å². The highest BCUT2D eigenvalue weighted by Crippen LogP contribution is 2.24. The molecule has 4 aromatic rings. The van der Waals surface area contributed by atoms with Crippen molar-refractivity contribution in [2.24, 2.45) is 7.05 Å². The van der Waals surface area contributed by atoms with Gasteiger partial charge in [-0.25, -0.2) is 9.48 Å². The molecule has 0 saturated heterocycles. The fourth-order valence-electron chi connectivity index (χ4n) is 4.04. The standard InChI is InChI=1S/C26H26N4O4/c1-15-20-13-9-10-14-21(20)27-16(2)22(15)26(33)34-18(4)24(31)28-23-17(3)29(5)30(25(23)32)19-11-7-6-8-12-19/h6-14,18H,1-5H3,(H,28,31). The van der Waals surface area contributed by atoms with E-state index >= 15 is 0 Å². The number of esters is 1. The molecule has 0 bridgehead atoms. The summed E-state index contributed by atoms with van der Waals surface area (Å²) < 4.78 is 8.61. The molecule has 0 fully saturated rings. The van der Waals surface area contributed by atoms with Crippen molar-refractivity contribution in [1.29, 1.82) is 0 Å². The number of hydrogen-bond acceptors (Lipinski definition) is 5. The number of nitrogens with one attached hydrogen (secondary N) is 1. The molecule has 2 heterocycles. The van der Waals surface area contributed by atoms with Crippen LogP contribution in [0.25, 0.3) is 16.6 Å². The van der Waals surface area contributed by atoms with E-state index < -0.39 is 18.0 Å². The second-order valence-corrected chi connectivity index (χ2v) is 8.19. The number of carbonyl (C=O) groups excluding carboxylic acids is 2. The molecule has 0 aliphatic heterocycles. The molecule has 8 heteroatoms. The Morgan fingerprint density at radius 3 is 2.35 bits per heavy atom. The van der Waals surface area contributed by atoms with E-state index in [-0.39, 0.29) is 11.2 Å². The maximum absolute atomic E-state index is 13.0. The summed E-state index contributed by atoms with van der Waals surface area (Å²) >= 11 is 0. The first-order valence-electron chi connectivity index (χ1n) is 10.9. The Labute approximate surface area is 196 Å². The van der Waals surface area contributed by atoms with Gasteiger partial charge in [-0.05, 0) is 51.5 Å². The fourth-order valence-corrected chi connectivity index (χ4v) is 4.04. The predicted octanol–water partition coefficient (Wildman–Crippen LogP) is 3.83. The molecule has 34 heavy (non-hydrogen) atoms. The van der Waals surface area contributed by atoms with Crippen molar-refractivity contribution in [3.05, 3.63) is 87.5 Å². The van der Waals surface area contributed by atoms with Gasteiger partial charge in [-0.3, -0.25) is 19.3 Å². The lowest BCUT2D eigenvalue weighted by molar-refractivity contribution is -0.123. The highest BCUT2D eigenvalue weighted by Gasteiger charge is 2.25. The molecule has 0 radical (unpaired) electrons. The summed E-state index contributed by atoms with van der Waals surface area (Å²) in [6.07, 6.45) is -1.12. The molecular formula is C26H26N4O4. The number of amides is 1. The van der Waals surface area contributed by atoms with E-state index in [1.807, 2.05) is 49.4 Å². The molecule has 1 atom stereocenters. The zero-order valence-electron chi connectivity index (χ0n) is 19.7. The third-order valence-electron chi connectivity index (χ3n) is 5.99. The first-order chi connectivity index (χ1) is 16.2. The van der Waals surface area contributed by atoms with Crippen LogP contribution in [0, 0.1) is 20.8 Å². The number of nitrogens with zero attached hydrogens (tertiary/aromatic N) is 3. The number of rotatable bonds is 5. The molecule has 0 spiro atoms. The molecule has 0 saturated carbocycles. The molecule has 1 amide bonds. The van der Waals surface area contributed by atoms with E-state index in [1.54, 1.807) is 37.7 Å². The Morgan fingerprint density at radius 2 is 1.65 bits per heavy atom. The maximum Gasteiger partial charge on any atom is 0.341 e. The van der Waals surface area contributed by atoms with Crippen molar-refractivity contribution in [1.82, 2.24) is 14.3 Å². The van der Waals surface area contributed by atoms with Crippen molar-refractivity contribution < 1.29 is 14.3 Å². The Morgan fingerprint density at radius 1 is 1.00 bits per heavy atom. The van der Waals surface area contributed by atoms with Gasteiger partial charge in [-0.2, -0.15) is 0 Å². The van der Waals surface area contributed by atoms with Crippen LogP contribution < -0.4 is 10.9 Å². The topological polar surface area (TPSA) is 95.2 Å². The Bertz CT molecular complexity index is 1470. The van der Waals surface area contributed by atoms with Crippen molar-refractivity contribution >= 4 is 28.5 Å². The highest BCUT2D eigenvalue weighted by molar-refractivity contribution is 6.01. The van der Waals surface area contributed by atoms with E-state index in [2.05, 4.69) is 10.3 Å². The number of aryl methyl sites for hydroxylation is 2. The van der Waals surface area contributed by atoms with Gasteiger partial charge < -0.3 is 10.1 Å². The Balaban J connectivity index is 1.56. The molecule has 1 unspecified atom stereocenters. The number of carbonyl (C=O) groups is 2. The molecule has 1 N–H and O–H groups in total. The van der Waals surface area contributed by atoms with Crippen molar-refractivity contribution in [2.75, 3.05) is 5.32 Å². The first kappa shape index (κ1) is 23.0. The number of anilines is 1. The van der Waals surface area contributed by atoms with Gasteiger partial charge in [-0.1, -0.05) is 36.4 Å². The van der Waals surface area contributed by atoms with Crippen LogP contribution in [0.2, 0.25) is 0 Å². The second kappa shape index (κ2) is 8.97. The summed E-state index contributed by atoms with van der Waals surface area (Å²) in [6.45, 7) is 6.78. The van der Waals surface area contributed by atoms with Gasteiger partial charge in [0.25, 0.3) is 11.5 Å². The predicted molar refractivity (Wildman–Crippen MR) is 130 cm³/mol. The van der Waals surface area contributed by atoms with Crippen molar-refractivity contribution in [2.45, 2.75) is 33.8 Å². The van der Waals surface area contributed by atoms with Crippen LogP contribution in [0.15, 0.2) is 59.4 Å². The molecule has 174 valence electrons. The SMILES string of the molecule is Cc1nc2ccccc2c(C)c1C(=O)OC(C)C(=O)Nc1c(C)n(C)n(-c2ccccc2)c1=O. The van der Waals surface area contributed by atoms with Crippen LogP contribution >= 0.6 is 0 Å². The quantitative estimate of drug-likeness (QED) is 0.459. The number of ether oxygens (including phenoxy) is 1. The first-order valence-corrected chi connectivity index (χ1v) is 10.9. The average molecular weight is 459 g/mol. The number of aromatic nitrogens is 3. The fraction of sp³-hybridized carbons (Fsp3) is 0.231. The lowest BCUT2D eigenvalue weighted by Crippen LogP contribution is -2.32. The highest BCUT2D eigenvalue weighted by atomic mass is 16.5. The third-order valence-corrected chi connectivity index (χ3v) is 5.99. The molecule has 0 aliphatic rings. The number of fused-ring (bicyclic) bond motifs is 1. The van der Waals surface area contributed by atoms with Gasteiger partial charge >= 0.3 is 5.97 Å². The number of para-hydroxylation sites is 2. The lowest BCUT2D eigenvalue weighted by atomic mass is 10.0. The zero-order valence-corrected chi connectivity index (χ0v) is 19.7. The van der Waals surface area contributed by atoms with Crippen LogP contribution in [-0.2, 0) is 16.6 Å². The van der Waals surface area contributed by atoms with Gasteiger partial charge in [0, 0.05) is 12.4 Å². The van der Waals surface area contributed by atoms with E-state index in [0.29, 0.717) is 22.6 Å². The minimum absolute atomic E-state index is 0.138. The van der Waals surface area contributed by atoms with Crippen LogP contribution in [-0.4, -0.2) is 32.3 Å². The third kappa shape index (κ3) is 3.98. The van der Waals surface area contributed by atoms with Crippen LogP contribution in [0.3, 0.4) is 0 Å². The summed E-state index contributed by atoms with van der Waals surface area (Å²) in [5, 5.41) is 3.48. The van der Waals surface area contributed by atoms with Gasteiger partial charge in [0.1, 0.15) is 5.69 Å². The molecule has 4 rings (SSSR count). The minimum atomic E-state index is -1.12. The molecule has 2 aromatic carbocycles. The summed E-state index contributed by atoms with van der Waals surface area (Å²) in [4.78, 5) is 43.4. The van der Waals surface area contributed by atoms with Crippen LogP contribution in [0.4, 0.5) is 5.69 Å². The Hall–Kier alpha value is -4.20. The number of pyridine rings is 1. The second-order valence-electron chi connectivity index (χ2n) is 8.19. The monoisotopic (exact) mass is 458 g/mol. The van der Waals surface area contributed by atoms with E-state index in [9.17, 15) is 14.4 Å². The van der Waals surface area contributed by atoms with Gasteiger partial charge in [0.05, 0.1) is 28.2 Å². The largest absolute Gasteiger partial charge is 0.449 e. The van der Waals surface area contributed by atoms with E-state index in [4.69, 9.17) is 4.74 Å². The van der Waals surface area contributed by atoms with Crippen LogP contribution in [0.5, 0.6) is 0 Å². The normalized spacial score (nSPS) is 11.9. The van der Waals surface area contributed by atoms with E-state index in [1.165, 1.54) is 11.6 Å². The summed E-state index contributed by atoms with van der Waals surface area (Å²) in [5.74, 6) is -1.23. The Kier molecular flexibility index (Phi) is 6.06. The number of hydrogen-bond donors (Lipinski definition) is 1. The molecule has 2 aromatic heterocycles. The average Bonchev–Trinajstić information content (AvgIpc) is 3.02. The van der Waals surface area contributed by atoms with Gasteiger partial charge in [0.2, 0.25) is 0 Å². The molecule has 8 nitrogen and oxygen atoms in total. The minimum Gasteiger partial charge on any atom is -0.449 e. The van der Waals surface area contributed by atoms with Crippen molar-refractivity contribution in [3.8, 4) is 5.69 Å². The molecule has 0 aliphatic carbocycles. The lowest BCUT2D eigenvalue weighted by Gasteiger charge is -2.16. The smallest absolute Gasteiger partial charge is 0.341 e. The molecular weight excluding hydrogens is 432 g/mol. The van der Waals surface area contributed by atoms with Gasteiger partial charge in [-0.15, -0.1) is 0 Å². The van der Waals surface area contributed by atoms with Crippen molar-refractivity contribution in [3.63, 3.8) is 0 Å². The summed E-state index contributed by atoms with van der Waals surface area (Å²) in [7, 11) is 1.74.